The van der Waals surface area contributed by atoms with E-state index in [1.165, 1.54) is 19.2 Å². The smallest absolute Gasteiger partial charge is 0.237 e. The van der Waals surface area contributed by atoms with E-state index in [0.29, 0.717) is 17.5 Å². The van der Waals surface area contributed by atoms with Gasteiger partial charge in [0.15, 0.2) is 0 Å². The van der Waals surface area contributed by atoms with E-state index in [2.05, 4.69) is 9.97 Å². The lowest BCUT2D eigenvalue weighted by molar-refractivity contribution is 0.291. The van der Waals surface area contributed by atoms with Crippen LogP contribution in [-0.2, 0) is 0 Å². The van der Waals surface area contributed by atoms with Crippen molar-refractivity contribution in [2.75, 3.05) is 12.3 Å². The summed E-state index contributed by atoms with van der Waals surface area (Å²) in [4.78, 5) is 7.66. The second-order valence-electron chi connectivity index (χ2n) is 3.46. The number of nitrogen functional groups attached to an aromatic ring is 1. The molecule has 0 saturated heterocycles. The molecular formula is C9H12ClN3O. The van der Waals surface area contributed by atoms with Gasteiger partial charge >= 0.3 is 0 Å². The third-order valence-electron chi connectivity index (χ3n) is 2.25. The van der Waals surface area contributed by atoms with Gasteiger partial charge in [-0.1, -0.05) is 24.4 Å². The van der Waals surface area contributed by atoms with Crippen molar-refractivity contribution in [2.45, 2.75) is 19.3 Å². The minimum atomic E-state index is 0.267. The van der Waals surface area contributed by atoms with Gasteiger partial charge < -0.3 is 10.5 Å². The molecule has 1 aliphatic rings. The molecule has 5 heteroatoms. The highest BCUT2D eigenvalue weighted by molar-refractivity contribution is 6.33. The summed E-state index contributed by atoms with van der Waals surface area (Å²) < 4.78 is 5.41. The second-order valence-corrected chi connectivity index (χ2v) is 3.84. The van der Waals surface area contributed by atoms with Gasteiger partial charge in [0.2, 0.25) is 5.88 Å². The average Bonchev–Trinajstić information content (AvgIpc) is 2.96. The van der Waals surface area contributed by atoms with Crippen molar-refractivity contribution >= 4 is 17.4 Å². The first-order chi connectivity index (χ1) is 6.77. The Morgan fingerprint density at radius 1 is 1.50 bits per heavy atom. The molecule has 1 aromatic heterocycles. The first-order valence-corrected chi connectivity index (χ1v) is 5.04. The average molecular weight is 214 g/mol. The van der Waals surface area contributed by atoms with Crippen LogP contribution in [-0.4, -0.2) is 16.6 Å². The molecule has 1 heterocycles. The summed E-state index contributed by atoms with van der Waals surface area (Å²) in [6, 6.07) is 0. The highest BCUT2D eigenvalue weighted by Crippen LogP contribution is 2.33. The summed E-state index contributed by atoms with van der Waals surface area (Å²) in [5.41, 5.74) is 5.50. The number of aromatic nitrogens is 2. The summed E-state index contributed by atoms with van der Waals surface area (Å²) in [5.74, 6) is 1.50. The van der Waals surface area contributed by atoms with Crippen LogP contribution in [0, 0.1) is 5.92 Å². The van der Waals surface area contributed by atoms with Crippen LogP contribution in [0.2, 0.25) is 5.02 Å². The van der Waals surface area contributed by atoms with Gasteiger partial charge in [-0.15, -0.1) is 0 Å². The molecule has 1 saturated carbocycles. The van der Waals surface area contributed by atoms with Gasteiger partial charge in [-0.05, 0) is 12.3 Å². The number of hydrogen-bond acceptors (Lipinski definition) is 4. The molecule has 0 amide bonds. The van der Waals surface area contributed by atoms with Crippen LogP contribution < -0.4 is 10.5 Å². The Hall–Kier alpha value is -1.03. The Morgan fingerprint density at radius 3 is 3.00 bits per heavy atom. The third kappa shape index (κ3) is 2.26. The minimum Gasteiger partial charge on any atom is -0.476 e. The van der Waals surface area contributed by atoms with Crippen LogP contribution >= 0.6 is 11.6 Å². The van der Waals surface area contributed by atoms with Crippen LogP contribution in [0.15, 0.2) is 6.33 Å². The first kappa shape index (κ1) is 9.52. The SMILES string of the molecule is Nc1ncnc(OCCC2CC2)c1Cl. The van der Waals surface area contributed by atoms with Gasteiger partial charge in [0, 0.05) is 0 Å². The largest absolute Gasteiger partial charge is 0.476 e. The van der Waals surface area contributed by atoms with Crippen molar-refractivity contribution in [3.8, 4) is 5.88 Å². The predicted molar refractivity (Wildman–Crippen MR) is 54.3 cm³/mol. The molecule has 0 atom stereocenters. The van der Waals surface area contributed by atoms with Gasteiger partial charge in [0.1, 0.15) is 17.2 Å². The standard InChI is InChI=1S/C9H12ClN3O/c10-7-8(11)12-5-13-9(7)14-4-3-6-1-2-6/h5-6H,1-4H2,(H2,11,12,13). The normalized spacial score (nSPS) is 15.5. The van der Waals surface area contributed by atoms with Gasteiger partial charge in [-0.3, -0.25) is 0 Å². The van der Waals surface area contributed by atoms with Crippen LogP contribution in [0.3, 0.4) is 0 Å². The summed E-state index contributed by atoms with van der Waals surface area (Å²) >= 11 is 5.85. The molecule has 0 bridgehead atoms. The van der Waals surface area contributed by atoms with Crippen molar-refractivity contribution in [3.63, 3.8) is 0 Å². The van der Waals surface area contributed by atoms with Crippen molar-refractivity contribution in [2.24, 2.45) is 5.92 Å². The van der Waals surface area contributed by atoms with E-state index < -0.39 is 0 Å². The first-order valence-electron chi connectivity index (χ1n) is 4.66. The molecule has 1 aliphatic carbocycles. The quantitative estimate of drug-likeness (QED) is 0.830. The lowest BCUT2D eigenvalue weighted by Crippen LogP contribution is -2.02. The lowest BCUT2D eigenvalue weighted by Gasteiger charge is -2.06. The maximum absolute atomic E-state index is 5.85. The Bertz CT molecular complexity index is 328. The molecule has 2 rings (SSSR count). The Kier molecular flexibility index (Phi) is 2.72. The van der Waals surface area contributed by atoms with Gasteiger partial charge in [-0.25, -0.2) is 9.97 Å². The fourth-order valence-electron chi connectivity index (χ4n) is 1.20. The van der Waals surface area contributed by atoms with Crippen LogP contribution in [0.4, 0.5) is 5.82 Å². The fraction of sp³-hybridized carbons (Fsp3) is 0.556. The highest BCUT2D eigenvalue weighted by Gasteiger charge is 2.21. The number of halogens is 1. The molecule has 0 spiro atoms. The van der Waals surface area contributed by atoms with Crippen molar-refractivity contribution < 1.29 is 4.74 Å². The summed E-state index contributed by atoms with van der Waals surface area (Å²) in [7, 11) is 0. The molecule has 0 radical (unpaired) electrons. The zero-order chi connectivity index (χ0) is 9.97. The molecule has 76 valence electrons. The van der Waals surface area contributed by atoms with Gasteiger partial charge in [0.25, 0.3) is 0 Å². The van der Waals surface area contributed by atoms with Crippen molar-refractivity contribution in [1.29, 1.82) is 0 Å². The maximum atomic E-state index is 5.85. The Morgan fingerprint density at radius 2 is 2.29 bits per heavy atom. The Balaban J connectivity index is 1.90. The molecule has 2 N–H and O–H groups in total. The summed E-state index contributed by atoms with van der Waals surface area (Å²) in [6.07, 6.45) is 5.07. The molecule has 0 unspecified atom stereocenters. The molecule has 1 aromatic rings. The van der Waals surface area contributed by atoms with Crippen molar-refractivity contribution in [3.05, 3.63) is 11.3 Å². The van der Waals surface area contributed by atoms with E-state index in [4.69, 9.17) is 22.1 Å². The number of anilines is 1. The zero-order valence-corrected chi connectivity index (χ0v) is 8.50. The van der Waals surface area contributed by atoms with E-state index in [9.17, 15) is 0 Å². The zero-order valence-electron chi connectivity index (χ0n) is 7.74. The highest BCUT2D eigenvalue weighted by atomic mass is 35.5. The number of nitrogens with zero attached hydrogens (tertiary/aromatic N) is 2. The van der Waals surface area contributed by atoms with Crippen LogP contribution in [0.5, 0.6) is 5.88 Å². The monoisotopic (exact) mass is 213 g/mol. The number of hydrogen-bond donors (Lipinski definition) is 1. The second kappa shape index (κ2) is 4.00. The van der Waals surface area contributed by atoms with E-state index in [-0.39, 0.29) is 5.82 Å². The van der Waals surface area contributed by atoms with Crippen molar-refractivity contribution in [1.82, 2.24) is 9.97 Å². The molecule has 4 nitrogen and oxygen atoms in total. The topological polar surface area (TPSA) is 61.0 Å². The van der Waals surface area contributed by atoms with Gasteiger partial charge in [-0.2, -0.15) is 0 Å². The number of rotatable bonds is 4. The molecule has 0 aliphatic heterocycles. The number of ether oxygens (including phenoxy) is 1. The summed E-state index contributed by atoms with van der Waals surface area (Å²) in [6.45, 7) is 0.654. The van der Waals surface area contributed by atoms with E-state index in [1.807, 2.05) is 0 Å². The van der Waals surface area contributed by atoms with Crippen LogP contribution in [0.1, 0.15) is 19.3 Å². The number of nitrogens with two attached hydrogens (primary N) is 1. The maximum Gasteiger partial charge on any atom is 0.237 e. The summed E-state index contributed by atoms with van der Waals surface area (Å²) in [5, 5.41) is 0.309. The lowest BCUT2D eigenvalue weighted by atomic mass is 10.3. The molecular weight excluding hydrogens is 202 g/mol. The molecule has 1 fully saturated rings. The van der Waals surface area contributed by atoms with E-state index >= 15 is 0 Å². The van der Waals surface area contributed by atoms with Crippen LogP contribution in [0.25, 0.3) is 0 Å². The van der Waals surface area contributed by atoms with Gasteiger partial charge in [0.05, 0.1) is 6.61 Å². The Labute approximate surface area is 87.4 Å². The van der Waals surface area contributed by atoms with E-state index in [1.54, 1.807) is 0 Å². The fourth-order valence-corrected chi connectivity index (χ4v) is 1.35. The minimum absolute atomic E-state index is 0.267. The van der Waals surface area contributed by atoms with E-state index in [0.717, 1.165) is 12.3 Å². The third-order valence-corrected chi connectivity index (χ3v) is 2.60. The predicted octanol–water partition coefficient (Wildman–Crippen LogP) is 1.89. The molecule has 14 heavy (non-hydrogen) atoms. The molecule has 0 aromatic carbocycles.